The minimum absolute atomic E-state index is 0.180. The van der Waals surface area contributed by atoms with Crippen molar-refractivity contribution in [2.75, 3.05) is 5.32 Å². The lowest BCUT2D eigenvalue weighted by Crippen LogP contribution is -2.22. The molecule has 0 unspecified atom stereocenters. The summed E-state index contributed by atoms with van der Waals surface area (Å²) in [6.45, 7) is 0.706. The number of fused-ring (bicyclic) bond motifs is 1. The summed E-state index contributed by atoms with van der Waals surface area (Å²) < 4.78 is 30.6. The molecule has 2 aromatic carbocycles. The van der Waals surface area contributed by atoms with Crippen molar-refractivity contribution >= 4 is 72.0 Å². The summed E-state index contributed by atoms with van der Waals surface area (Å²) in [5.74, 6) is 0.757. The van der Waals surface area contributed by atoms with Crippen LogP contribution in [0, 0.1) is 0 Å². The summed E-state index contributed by atoms with van der Waals surface area (Å²) in [7, 11) is -3.60. The van der Waals surface area contributed by atoms with Crippen molar-refractivity contribution in [1.82, 2.24) is 19.3 Å². The molecule has 0 aliphatic carbocycles. The van der Waals surface area contributed by atoms with Crippen molar-refractivity contribution in [2.24, 2.45) is 0 Å². The van der Waals surface area contributed by atoms with Crippen LogP contribution in [0.3, 0.4) is 0 Å². The molecule has 0 saturated heterocycles. The number of halogens is 3. The van der Waals surface area contributed by atoms with Gasteiger partial charge in [0, 0.05) is 29.7 Å². The van der Waals surface area contributed by atoms with Gasteiger partial charge in [0.25, 0.3) is 0 Å². The summed E-state index contributed by atoms with van der Waals surface area (Å²) in [6.07, 6.45) is 1.70. The number of thiophene rings is 1. The lowest BCUT2D eigenvalue weighted by Gasteiger charge is -2.12. The maximum Gasteiger partial charge on any atom is 0.250 e. The van der Waals surface area contributed by atoms with Gasteiger partial charge in [-0.05, 0) is 45.3 Å². The van der Waals surface area contributed by atoms with Crippen LogP contribution in [0.15, 0.2) is 81.6 Å². The topological polar surface area (TPSA) is 88.4 Å². The first kappa shape index (κ1) is 25.2. The predicted molar refractivity (Wildman–Crippen MR) is 148 cm³/mol. The van der Waals surface area contributed by atoms with Crippen molar-refractivity contribution in [3.8, 4) is 11.3 Å². The maximum absolute atomic E-state index is 12.4. The lowest BCUT2D eigenvalue weighted by atomic mass is 10.1. The summed E-state index contributed by atoms with van der Waals surface area (Å²) in [6, 6.07) is 20.2. The van der Waals surface area contributed by atoms with E-state index < -0.39 is 10.0 Å². The van der Waals surface area contributed by atoms with Crippen molar-refractivity contribution in [3.05, 3.63) is 97.9 Å². The summed E-state index contributed by atoms with van der Waals surface area (Å²) >= 11 is 16.8. The van der Waals surface area contributed by atoms with Gasteiger partial charge in [-0.25, -0.2) is 18.1 Å². The Hall–Kier alpha value is -2.47. The molecule has 3 aromatic heterocycles. The highest BCUT2D eigenvalue weighted by Crippen LogP contribution is 2.30. The third-order valence-electron chi connectivity index (χ3n) is 5.35. The molecule has 0 fully saturated rings. The van der Waals surface area contributed by atoms with Crippen LogP contribution in [-0.2, 0) is 23.1 Å². The number of nitrogens with zero attached hydrogens (tertiary/aromatic N) is 3. The van der Waals surface area contributed by atoms with E-state index in [1.165, 1.54) is 6.07 Å². The number of sulfonamides is 1. The van der Waals surface area contributed by atoms with Crippen LogP contribution >= 0.6 is 50.5 Å². The van der Waals surface area contributed by atoms with E-state index in [9.17, 15) is 8.42 Å². The van der Waals surface area contributed by atoms with Gasteiger partial charge in [0.2, 0.25) is 10.0 Å². The van der Waals surface area contributed by atoms with E-state index in [1.807, 2.05) is 54.6 Å². The quantitative estimate of drug-likeness (QED) is 0.203. The summed E-state index contributed by atoms with van der Waals surface area (Å²) in [5.41, 5.74) is 4.08. The summed E-state index contributed by atoms with van der Waals surface area (Å²) in [5, 5.41) is 8.45. The van der Waals surface area contributed by atoms with Gasteiger partial charge in [-0.3, -0.25) is 0 Å². The SMILES string of the molecule is O=S(=O)(NCc1ccc(CNc2cc(-c3ccccc3Cl)nc3c(Br)cnn23)cc1)c1ccc(Cl)s1. The molecule has 0 spiro atoms. The van der Waals surface area contributed by atoms with Gasteiger partial charge in [0.05, 0.1) is 20.7 Å². The van der Waals surface area contributed by atoms with Crippen LogP contribution in [0.25, 0.3) is 16.9 Å². The number of nitrogens with one attached hydrogen (secondary N) is 2. The Kier molecular flexibility index (Phi) is 7.34. The number of hydrogen-bond donors (Lipinski definition) is 2. The molecule has 0 saturated carbocycles. The van der Waals surface area contributed by atoms with Crippen LogP contribution in [0.1, 0.15) is 11.1 Å². The van der Waals surface area contributed by atoms with Gasteiger partial charge < -0.3 is 5.32 Å². The van der Waals surface area contributed by atoms with Crippen molar-refractivity contribution < 1.29 is 8.42 Å². The van der Waals surface area contributed by atoms with Crippen LogP contribution in [-0.4, -0.2) is 23.0 Å². The Labute approximate surface area is 230 Å². The Morgan fingerprint density at radius 3 is 2.39 bits per heavy atom. The Morgan fingerprint density at radius 2 is 1.69 bits per heavy atom. The second-order valence-electron chi connectivity index (χ2n) is 7.79. The Bertz CT molecular complexity index is 1650. The van der Waals surface area contributed by atoms with Gasteiger partial charge in [-0.1, -0.05) is 65.7 Å². The van der Waals surface area contributed by atoms with Gasteiger partial charge in [-0.2, -0.15) is 9.61 Å². The molecule has 3 heterocycles. The van der Waals surface area contributed by atoms with E-state index in [4.69, 9.17) is 28.2 Å². The van der Waals surface area contributed by atoms with Crippen molar-refractivity contribution in [2.45, 2.75) is 17.3 Å². The van der Waals surface area contributed by atoms with Gasteiger partial charge in [0.15, 0.2) is 5.65 Å². The van der Waals surface area contributed by atoms with Gasteiger partial charge >= 0.3 is 0 Å². The highest BCUT2D eigenvalue weighted by molar-refractivity contribution is 9.10. The number of aromatic nitrogens is 3. The molecular formula is C24H18BrCl2N5O2S2. The molecule has 0 atom stereocenters. The molecule has 0 aliphatic heterocycles. The van der Waals surface area contributed by atoms with Gasteiger partial charge in [0.1, 0.15) is 10.0 Å². The molecule has 12 heteroatoms. The Balaban J connectivity index is 1.31. The third-order valence-corrected chi connectivity index (χ3v) is 9.37. The molecule has 0 bridgehead atoms. The first-order valence-electron chi connectivity index (χ1n) is 10.7. The lowest BCUT2D eigenvalue weighted by molar-refractivity contribution is 0.583. The maximum atomic E-state index is 12.4. The first-order valence-corrected chi connectivity index (χ1v) is 14.5. The molecule has 0 radical (unpaired) electrons. The number of rotatable bonds is 8. The largest absolute Gasteiger partial charge is 0.366 e. The van der Waals surface area contributed by atoms with E-state index >= 15 is 0 Å². The first-order chi connectivity index (χ1) is 17.3. The second kappa shape index (κ2) is 10.5. The van der Waals surface area contributed by atoms with E-state index in [0.717, 1.165) is 44.0 Å². The number of benzene rings is 2. The Morgan fingerprint density at radius 1 is 0.972 bits per heavy atom. The van der Waals surface area contributed by atoms with Crippen LogP contribution in [0.2, 0.25) is 9.36 Å². The monoisotopic (exact) mass is 621 g/mol. The van der Waals surface area contributed by atoms with E-state index in [1.54, 1.807) is 16.8 Å². The molecule has 0 aliphatic rings. The standard InChI is InChI=1S/C24H18BrCl2N5O2S2/c25-18-14-29-32-22(11-20(31-24(18)32)17-3-1-2-4-19(17)26)28-12-15-5-7-16(8-6-15)13-30-36(33,34)23-10-9-21(27)35-23/h1-11,14,28,30H,12-13H2. The fourth-order valence-electron chi connectivity index (χ4n) is 3.53. The zero-order valence-electron chi connectivity index (χ0n) is 18.5. The minimum atomic E-state index is -3.60. The van der Waals surface area contributed by atoms with Gasteiger partial charge in [-0.15, -0.1) is 11.3 Å². The molecule has 0 amide bonds. The zero-order chi connectivity index (χ0) is 25.3. The highest BCUT2D eigenvalue weighted by atomic mass is 79.9. The number of anilines is 1. The molecule has 7 nitrogen and oxygen atoms in total. The van der Waals surface area contributed by atoms with E-state index in [-0.39, 0.29) is 10.8 Å². The zero-order valence-corrected chi connectivity index (χ0v) is 23.2. The molecular weight excluding hydrogens is 605 g/mol. The van der Waals surface area contributed by atoms with E-state index in [2.05, 4.69) is 31.1 Å². The molecule has 184 valence electrons. The minimum Gasteiger partial charge on any atom is -0.366 e. The fraction of sp³-hybridized carbons (Fsp3) is 0.0833. The average molecular weight is 623 g/mol. The molecule has 5 rings (SSSR count). The van der Waals surface area contributed by atoms with E-state index in [0.29, 0.717) is 21.6 Å². The van der Waals surface area contributed by atoms with Crippen LogP contribution in [0.5, 0.6) is 0 Å². The van der Waals surface area contributed by atoms with Crippen LogP contribution in [0.4, 0.5) is 5.82 Å². The third kappa shape index (κ3) is 5.44. The van der Waals surface area contributed by atoms with Crippen LogP contribution < -0.4 is 10.0 Å². The second-order valence-corrected chi connectivity index (χ2v) is 12.8. The van der Waals surface area contributed by atoms with Crippen molar-refractivity contribution in [1.29, 1.82) is 0 Å². The van der Waals surface area contributed by atoms with Crippen molar-refractivity contribution in [3.63, 3.8) is 0 Å². The fourth-order valence-corrected chi connectivity index (χ4v) is 6.65. The highest BCUT2D eigenvalue weighted by Gasteiger charge is 2.16. The molecule has 5 aromatic rings. The predicted octanol–water partition coefficient (Wildman–Crippen LogP) is 6.62. The molecule has 36 heavy (non-hydrogen) atoms. The number of hydrogen-bond acceptors (Lipinski definition) is 6. The smallest absolute Gasteiger partial charge is 0.250 e. The normalized spacial score (nSPS) is 11.8. The summed E-state index contributed by atoms with van der Waals surface area (Å²) in [4.78, 5) is 4.72. The molecule has 2 N–H and O–H groups in total. The average Bonchev–Trinajstić information content (AvgIpc) is 3.48.